The maximum absolute atomic E-state index is 12.6. The first-order chi connectivity index (χ1) is 13.4. The highest BCUT2D eigenvalue weighted by Gasteiger charge is 2.19. The number of methoxy groups -OCH3 is 1. The minimum absolute atomic E-state index is 0.0793. The second-order valence-corrected chi connectivity index (χ2v) is 6.59. The van der Waals surface area contributed by atoms with E-state index in [4.69, 9.17) is 20.9 Å². The highest BCUT2D eigenvalue weighted by Crippen LogP contribution is 2.24. The van der Waals surface area contributed by atoms with Gasteiger partial charge < -0.3 is 13.8 Å². The molecular formula is C18H16ClN5O4. The van der Waals surface area contributed by atoms with Crippen LogP contribution >= 0.6 is 11.6 Å². The molecule has 0 amide bonds. The van der Waals surface area contributed by atoms with Gasteiger partial charge in [-0.3, -0.25) is 13.9 Å². The summed E-state index contributed by atoms with van der Waals surface area (Å²) in [5.41, 5.74) is 0.979. The zero-order chi connectivity index (χ0) is 20.0. The summed E-state index contributed by atoms with van der Waals surface area (Å²) >= 11 is 6.24. The smallest absolute Gasteiger partial charge is 0.332 e. The van der Waals surface area contributed by atoms with E-state index in [1.54, 1.807) is 13.2 Å². The van der Waals surface area contributed by atoms with Crippen molar-refractivity contribution in [2.45, 2.75) is 6.54 Å². The molecule has 0 aliphatic rings. The predicted molar refractivity (Wildman–Crippen MR) is 103 cm³/mol. The van der Waals surface area contributed by atoms with Crippen molar-refractivity contribution in [2.24, 2.45) is 14.1 Å². The van der Waals surface area contributed by atoms with Crippen molar-refractivity contribution in [3.8, 4) is 17.0 Å². The van der Waals surface area contributed by atoms with Crippen LogP contribution in [-0.2, 0) is 20.6 Å². The average molecular weight is 402 g/mol. The summed E-state index contributed by atoms with van der Waals surface area (Å²) in [6, 6.07) is 9.15. The molecule has 0 aliphatic carbocycles. The maximum Gasteiger partial charge on any atom is 0.332 e. The lowest BCUT2D eigenvalue weighted by molar-refractivity contribution is 0.379. The van der Waals surface area contributed by atoms with Crippen molar-refractivity contribution >= 4 is 22.8 Å². The molecule has 0 saturated carbocycles. The SMILES string of the molecule is COc1ccc(-c2cc(Cn3c(Cl)nc4c3c(=O)n(C)c(=O)n4C)on2)cc1. The van der Waals surface area contributed by atoms with Crippen molar-refractivity contribution in [3.05, 3.63) is 62.2 Å². The second kappa shape index (κ2) is 6.68. The molecule has 0 bridgehead atoms. The Hall–Kier alpha value is -3.33. The van der Waals surface area contributed by atoms with Crippen LogP contribution < -0.4 is 16.0 Å². The van der Waals surface area contributed by atoms with E-state index in [9.17, 15) is 9.59 Å². The van der Waals surface area contributed by atoms with Crippen molar-refractivity contribution in [1.29, 1.82) is 0 Å². The van der Waals surface area contributed by atoms with Gasteiger partial charge in [-0.25, -0.2) is 4.79 Å². The average Bonchev–Trinajstić information content (AvgIpc) is 3.30. The van der Waals surface area contributed by atoms with E-state index in [2.05, 4.69) is 10.1 Å². The van der Waals surface area contributed by atoms with Gasteiger partial charge in [-0.2, -0.15) is 4.98 Å². The summed E-state index contributed by atoms with van der Waals surface area (Å²) in [4.78, 5) is 28.8. The first kappa shape index (κ1) is 18.1. The normalized spacial score (nSPS) is 11.3. The Balaban J connectivity index is 1.75. The summed E-state index contributed by atoms with van der Waals surface area (Å²) in [6.45, 7) is 0.145. The first-order valence-electron chi connectivity index (χ1n) is 8.32. The molecule has 10 heteroatoms. The zero-order valence-corrected chi connectivity index (χ0v) is 16.1. The number of aryl methyl sites for hydroxylation is 1. The van der Waals surface area contributed by atoms with Gasteiger partial charge in [0.1, 0.15) is 11.4 Å². The standard InChI is InChI=1S/C18H16ClN5O4/c1-22-15-14(16(25)23(2)18(22)26)24(17(19)20-15)9-12-8-13(21-28-12)10-4-6-11(27-3)7-5-10/h4-8H,9H2,1-3H3. The molecule has 0 saturated heterocycles. The van der Waals surface area contributed by atoms with Crippen molar-refractivity contribution in [2.75, 3.05) is 7.11 Å². The van der Waals surface area contributed by atoms with E-state index in [-0.39, 0.29) is 23.0 Å². The largest absolute Gasteiger partial charge is 0.497 e. The van der Waals surface area contributed by atoms with Gasteiger partial charge in [0.05, 0.1) is 13.7 Å². The van der Waals surface area contributed by atoms with Gasteiger partial charge in [-0.1, -0.05) is 5.16 Å². The van der Waals surface area contributed by atoms with E-state index in [1.807, 2.05) is 24.3 Å². The van der Waals surface area contributed by atoms with Gasteiger partial charge in [-0.05, 0) is 35.9 Å². The number of rotatable bonds is 4. The summed E-state index contributed by atoms with van der Waals surface area (Å²) in [6.07, 6.45) is 0. The van der Waals surface area contributed by atoms with Crippen LogP contribution in [0.5, 0.6) is 5.75 Å². The maximum atomic E-state index is 12.6. The Morgan fingerprint density at radius 1 is 1.14 bits per heavy atom. The molecule has 3 aromatic heterocycles. The molecule has 4 aromatic rings. The third-order valence-corrected chi connectivity index (χ3v) is 4.85. The molecule has 0 spiro atoms. The second-order valence-electron chi connectivity index (χ2n) is 6.25. The van der Waals surface area contributed by atoms with Crippen LogP contribution in [0.3, 0.4) is 0 Å². The fraction of sp³-hybridized carbons (Fsp3) is 0.222. The number of benzene rings is 1. The van der Waals surface area contributed by atoms with E-state index in [0.29, 0.717) is 11.5 Å². The molecule has 4 rings (SSSR count). The van der Waals surface area contributed by atoms with Crippen LogP contribution in [0.2, 0.25) is 5.28 Å². The minimum Gasteiger partial charge on any atom is -0.497 e. The highest BCUT2D eigenvalue weighted by molar-refractivity contribution is 6.29. The fourth-order valence-electron chi connectivity index (χ4n) is 3.01. The molecule has 0 atom stereocenters. The molecule has 144 valence electrons. The van der Waals surface area contributed by atoms with Crippen LogP contribution in [0, 0.1) is 0 Å². The van der Waals surface area contributed by atoms with Gasteiger partial charge in [0.25, 0.3) is 5.56 Å². The summed E-state index contributed by atoms with van der Waals surface area (Å²) in [5, 5.41) is 4.15. The lowest BCUT2D eigenvalue weighted by Gasteiger charge is -2.05. The Bertz CT molecular complexity index is 1300. The Morgan fingerprint density at radius 3 is 2.54 bits per heavy atom. The Kier molecular flexibility index (Phi) is 4.31. The van der Waals surface area contributed by atoms with Gasteiger partial charge in [-0.15, -0.1) is 0 Å². The van der Waals surface area contributed by atoms with Gasteiger partial charge in [0.2, 0.25) is 5.28 Å². The van der Waals surface area contributed by atoms with Crippen LogP contribution in [-0.4, -0.2) is 31.0 Å². The Morgan fingerprint density at radius 2 is 1.86 bits per heavy atom. The molecule has 0 N–H and O–H groups in total. The lowest BCUT2D eigenvalue weighted by Crippen LogP contribution is -2.37. The third kappa shape index (κ3) is 2.80. The number of halogens is 1. The number of nitrogens with zero attached hydrogens (tertiary/aromatic N) is 5. The molecule has 0 aliphatic heterocycles. The van der Waals surface area contributed by atoms with Gasteiger partial charge in [0.15, 0.2) is 16.9 Å². The number of imidazole rings is 1. The predicted octanol–water partition coefficient (Wildman–Crippen LogP) is 1.80. The van der Waals surface area contributed by atoms with Crippen molar-refractivity contribution in [1.82, 2.24) is 23.8 Å². The molecule has 0 fully saturated rings. The number of hydrogen-bond donors (Lipinski definition) is 0. The Labute approximate surface area is 163 Å². The van der Waals surface area contributed by atoms with Crippen LogP contribution in [0.1, 0.15) is 5.76 Å². The van der Waals surface area contributed by atoms with E-state index in [0.717, 1.165) is 15.9 Å². The molecule has 0 radical (unpaired) electrons. The van der Waals surface area contributed by atoms with E-state index in [1.165, 1.54) is 23.2 Å². The number of fused-ring (bicyclic) bond motifs is 1. The van der Waals surface area contributed by atoms with E-state index < -0.39 is 11.2 Å². The van der Waals surface area contributed by atoms with Crippen LogP contribution in [0.15, 0.2) is 44.4 Å². The number of ether oxygens (including phenoxy) is 1. The van der Waals surface area contributed by atoms with Crippen molar-refractivity contribution in [3.63, 3.8) is 0 Å². The lowest BCUT2D eigenvalue weighted by atomic mass is 10.1. The molecule has 28 heavy (non-hydrogen) atoms. The summed E-state index contributed by atoms with van der Waals surface area (Å²) in [7, 11) is 4.54. The third-order valence-electron chi connectivity index (χ3n) is 4.56. The first-order valence-corrected chi connectivity index (χ1v) is 8.70. The quantitative estimate of drug-likeness (QED) is 0.484. The molecular weight excluding hydrogens is 386 g/mol. The van der Waals surface area contributed by atoms with Crippen LogP contribution in [0.25, 0.3) is 22.4 Å². The fourth-order valence-corrected chi connectivity index (χ4v) is 3.23. The van der Waals surface area contributed by atoms with Gasteiger partial charge in [0, 0.05) is 25.7 Å². The summed E-state index contributed by atoms with van der Waals surface area (Å²) in [5.74, 6) is 1.23. The van der Waals surface area contributed by atoms with Gasteiger partial charge >= 0.3 is 5.69 Å². The molecule has 9 nitrogen and oxygen atoms in total. The monoisotopic (exact) mass is 401 g/mol. The topological polar surface area (TPSA) is 97.1 Å². The van der Waals surface area contributed by atoms with Crippen molar-refractivity contribution < 1.29 is 9.26 Å². The van der Waals surface area contributed by atoms with E-state index >= 15 is 0 Å². The molecule has 1 aromatic carbocycles. The zero-order valence-electron chi connectivity index (χ0n) is 15.3. The number of aromatic nitrogens is 5. The molecule has 3 heterocycles. The van der Waals surface area contributed by atoms with Crippen LogP contribution in [0.4, 0.5) is 0 Å². The molecule has 0 unspecified atom stereocenters. The number of hydrogen-bond acceptors (Lipinski definition) is 6. The summed E-state index contributed by atoms with van der Waals surface area (Å²) < 4.78 is 14.4. The highest BCUT2D eigenvalue weighted by atomic mass is 35.5. The minimum atomic E-state index is -0.479.